The number of hydrogen-bond donors (Lipinski definition) is 0. The summed E-state index contributed by atoms with van der Waals surface area (Å²) in [7, 11) is 0. The molecule has 1 spiro atoms. The molecule has 2 aliphatic heterocycles. The number of para-hydroxylation sites is 1. The molecule has 1 aliphatic carbocycles. The molecule has 33 heavy (non-hydrogen) atoms. The number of anilines is 1. The molecule has 1 atom stereocenters. The summed E-state index contributed by atoms with van der Waals surface area (Å²) in [5.41, 5.74) is 2.70. The van der Waals surface area contributed by atoms with E-state index in [2.05, 4.69) is 58.3 Å². The SMILES string of the molecule is O=C(CCCc1ccccc1)N1CCC2(CC1)CC2C(=O)N1CCN(c2ccccc2)CC1. The molecular formula is C28H35N3O2. The molecule has 2 aromatic carbocycles. The number of aryl methyl sites for hydroxylation is 1. The van der Waals surface area contributed by atoms with Crippen LogP contribution in [0.15, 0.2) is 60.7 Å². The molecular weight excluding hydrogens is 410 g/mol. The van der Waals surface area contributed by atoms with E-state index in [1.807, 2.05) is 17.0 Å². The van der Waals surface area contributed by atoms with Gasteiger partial charge in [0.2, 0.25) is 11.8 Å². The van der Waals surface area contributed by atoms with Gasteiger partial charge in [-0.1, -0.05) is 48.5 Å². The summed E-state index contributed by atoms with van der Waals surface area (Å²) in [6.07, 6.45) is 5.46. The summed E-state index contributed by atoms with van der Waals surface area (Å²) in [5.74, 6) is 0.808. The second-order valence-corrected chi connectivity index (χ2v) is 9.99. The molecule has 0 aromatic heterocycles. The molecule has 2 saturated heterocycles. The fourth-order valence-electron chi connectivity index (χ4n) is 5.74. The summed E-state index contributed by atoms with van der Waals surface area (Å²) < 4.78 is 0. The van der Waals surface area contributed by atoms with Crippen LogP contribution in [0.3, 0.4) is 0 Å². The van der Waals surface area contributed by atoms with Crippen molar-refractivity contribution < 1.29 is 9.59 Å². The molecule has 5 nitrogen and oxygen atoms in total. The van der Waals surface area contributed by atoms with Crippen LogP contribution in [0.25, 0.3) is 0 Å². The fraction of sp³-hybridized carbons (Fsp3) is 0.500. The van der Waals surface area contributed by atoms with E-state index < -0.39 is 0 Å². The lowest BCUT2D eigenvalue weighted by molar-refractivity contribution is -0.134. The predicted octanol–water partition coefficient (Wildman–Crippen LogP) is 3.99. The molecule has 5 rings (SSSR count). The van der Waals surface area contributed by atoms with Gasteiger partial charge in [0.25, 0.3) is 0 Å². The normalized spacial score (nSPS) is 21.8. The van der Waals surface area contributed by atoms with Gasteiger partial charge in [-0.15, -0.1) is 0 Å². The molecule has 0 radical (unpaired) electrons. The Morgan fingerprint density at radius 3 is 2.09 bits per heavy atom. The minimum atomic E-state index is 0.161. The molecule has 2 amide bonds. The summed E-state index contributed by atoms with van der Waals surface area (Å²) in [6, 6.07) is 20.9. The van der Waals surface area contributed by atoms with E-state index in [1.165, 1.54) is 11.3 Å². The number of hydrogen-bond acceptors (Lipinski definition) is 3. The second-order valence-electron chi connectivity index (χ2n) is 9.99. The quantitative estimate of drug-likeness (QED) is 0.675. The van der Waals surface area contributed by atoms with Crippen molar-refractivity contribution in [2.75, 3.05) is 44.2 Å². The molecule has 3 aliphatic rings. The summed E-state index contributed by atoms with van der Waals surface area (Å²) in [5, 5.41) is 0. The first-order valence-electron chi connectivity index (χ1n) is 12.6. The van der Waals surface area contributed by atoms with Crippen LogP contribution < -0.4 is 4.90 Å². The van der Waals surface area contributed by atoms with Gasteiger partial charge in [0.05, 0.1) is 0 Å². The van der Waals surface area contributed by atoms with Gasteiger partial charge < -0.3 is 14.7 Å². The molecule has 2 aromatic rings. The Kier molecular flexibility index (Phi) is 6.39. The van der Waals surface area contributed by atoms with Crippen molar-refractivity contribution >= 4 is 17.5 Å². The van der Waals surface area contributed by atoms with Crippen LogP contribution in [0.1, 0.15) is 37.7 Å². The molecule has 0 N–H and O–H groups in total. The molecule has 5 heteroatoms. The Morgan fingerprint density at radius 1 is 0.788 bits per heavy atom. The van der Waals surface area contributed by atoms with Crippen LogP contribution >= 0.6 is 0 Å². The zero-order valence-electron chi connectivity index (χ0n) is 19.5. The lowest BCUT2D eigenvalue weighted by Gasteiger charge is -2.37. The number of benzene rings is 2. The van der Waals surface area contributed by atoms with Crippen LogP contribution in [0.5, 0.6) is 0 Å². The largest absolute Gasteiger partial charge is 0.368 e. The maximum Gasteiger partial charge on any atom is 0.226 e. The molecule has 2 heterocycles. The minimum absolute atomic E-state index is 0.161. The van der Waals surface area contributed by atoms with Crippen LogP contribution in [0, 0.1) is 11.3 Å². The van der Waals surface area contributed by atoms with Crippen molar-refractivity contribution in [2.24, 2.45) is 11.3 Å². The monoisotopic (exact) mass is 445 g/mol. The molecule has 1 saturated carbocycles. The Labute approximate surface area is 197 Å². The van der Waals surface area contributed by atoms with Gasteiger partial charge in [-0.2, -0.15) is 0 Å². The number of carbonyl (C=O) groups excluding carboxylic acids is 2. The summed E-state index contributed by atoms with van der Waals surface area (Å²) >= 11 is 0. The van der Waals surface area contributed by atoms with Crippen LogP contribution in [-0.4, -0.2) is 60.9 Å². The highest BCUT2D eigenvalue weighted by molar-refractivity contribution is 5.83. The topological polar surface area (TPSA) is 43.9 Å². The highest BCUT2D eigenvalue weighted by atomic mass is 16.2. The Hall–Kier alpha value is -2.82. The number of rotatable bonds is 6. The van der Waals surface area contributed by atoms with E-state index in [1.54, 1.807) is 0 Å². The number of likely N-dealkylation sites (tertiary alicyclic amines) is 1. The Morgan fingerprint density at radius 2 is 1.42 bits per heavy atom. The average molecular weight is 446 g/mol. The maximum atomic E-state index is 13.2. The van der Waals surface area contributed by atoms with Crippen molar-refractivity contribution in [1.82, 2.24) is 9.80 Å². The highest BCUT2D eigenvalue weighted by Gasteiger charge is 2.59. The summed E-state index contributed by atoms with van der Waals surface area (Å²) in [6.45, 7) is 5.06. The molecule has 1 unspecified atom stereocenters. The van der Waals surface area contributed by atoms with Gasteiger partial charge in [0.1, 0.15) is 0 Å². The first-order chi connectivity index (χ1) is 16.1. The van der Waals surface area contributed by atoms with Gasteiger partial charge >= 0.3 is 0 Å². The smallest absolute Gasteiger partial charge is 0.226 e. The van der Waals surface area contributed by atoms with Crippen molar-refractivity contribution in [3.05, 3.63) is 66.2 Å². The number of carbonyl (C=O) groups is 2. The lowest BCUT2D eigenvalue weighted by atomic mass is 9.90. The Bertz CT molecular complexity index is 946. The predicted molar refractivity (Wildman–Crippen MR) is 131 cm³/mol. The molecule has 174 valence electrons. The zero-order chi connectivity index (χ0) is 22.7. The van der Waals surface area contributed by atoms with Gasteiger partial charge in [0.15, 0.2) is 0 Å². The van der Waals surface area contributed by atoms with Gasteiger partial charge in [0, 0.05) is 57.3 Å². The van der Waals surface area contributed by atoms with Gasteiger partial charge in [-0.05, 0) is 55.2 Å². The van der Waals surface area contributed by atoms with E-state index >= 15 is 0 Å². The molecule has 0 bridgehead atoms. The Balaban J connectivity index is 1.05. The van der Waals surface area contributed by atoms with Gasteiger partial charge in [-0.3, -0.25) is 9.59 Å². The highest BCUT2D eigenvalue weighted by Crippen LogP contribution is 2.60. The summed E-state index contributed by atoms with van der Waals surface area (Å²) in [4.78, 5) is 32.4. The molecule has 3 fully saturated rings. The average Bonchev–Trinajstić information content (AvgIpc) is 3.58. The first kappa shape index (κ1) is 22.0. The van der Waals surface area contributed by atoms with E-state index in [-0.39, 0.29) is 17.2 Å². The second kappa shape index (κ2) is 9.58. The number of piperazine rings is 1. The third-order valence-electron chi connectivity index (χ3n) is 8.01. The van der Waals surface area contributed by atoms with Gasteiger partial charge in [-0.25, -0.2) is 0 Å². The number of nitrogens with zero attached hydrogens (tertiary/aromatic N) is 3. The van der Waals surface area contributed by atoms with E-state index in [9.17, 15) is 9.59 Å². The lowest BCUT2D eigenvalue weighted by Crippen LogP contribution is -2.50. The number of amides is 2. The van der Waals surface area contributed by atoms with Crippen molar-refractivity contribution in [1.29, 1.82) is 0 Å². The fourth-order valence-corrected chi connectivity index (χ4v) is 5.74. The maximum absolute atomic E-state index is 13.2. The van der Waals surface area contributed by atoms with Crippen molar-refractivity contribution in [2.45, 2.75) is 38.5 Å². The number of piperidine rings is 1. The minimum Gasteiger partial charge on any atom is -0.368 e. The zero-order valence-corrected chi connectivity index (χ0v) is 19.5. The van der Waals surface area contributed by atoms with Crippen molar-refractivity contribution in [3.63, 3.8) is 0 Å². The standard InChI is InChI=1S/C28H35N3O2/c32-26(13-7-10-23-8-3-1-4-9-23)30-16-14-28(15-17-30)22-25(28)27(33)31-20-18-29(19-21-31)24-11-5-2-6-12-24/h1-6,8-9,11-12,25H,7,10,13-22H2. The van der Waals surface area contributed by atoms with E-state index in [0.717, 1.165) is 71.4 Å². The van der Waals surface area contributed by atoms with Crippen molar-refractivity contribution in [3.8, 4) is 0 Å². The van der Waals surface area contributed by atoms with Crippen LogP contribution in [0.2, 0.25) is 0 Å². The van der Waals surface area contributed by atoms with Crippen LogP contribution in [0.4, 0.5) is 5.69 Å². The third-order valence-corrected chi connectivity index (χ3v) is 8.01. The first-order valence-corrected chi connectivity index (χ1v) is 12.6. The van der Waals surface area contributed by atoms with E-state index in [4.69, 9.17) is 0 Å². The third kappa shape index (κ3) is 4.92. The van der Waals surface area contributed by atoms with Crippen LogP contribution in [-0.2, 0) is 16.0 Å². The van der Waals surface area contributed by atoms with E-state index in [0.29, 0.717) is 12.3 Å².